The van der Waals surface area contributed by atoms with Gasteiger partial charge in [-0.25, -0.2) is 4.79 Å². The van der Waals surface area contributed by atoms with Crippen molar-refractivity contribution < 1.29 is 19.1 Å². The van der Waals surface area contributed by atoms with Gasteiger partial charge in [0, 0.05) is 22.8 Å². The lowest BCUT2D eigenvalue weighted by Gasteiger charge is -2.18. The Morgan fingerprint density at radius 1 is 0.788 bits per heavy atom. The van der Waals surface area contributed by atoms with Crippen LogP contribution in [-0.4, -0.2) is 25.2 Å². The second-order valence-corrected chi connectivity index (χ2v) is 7.58. The number of amides is 3. The van der Waals surface area contributed by atoms with E-state index in [9.17, 15) is 9.59 Å². The lowest BCUT2D eigenvalue weighted by molar-refractivity contribution is 0.102. The van der Waals surface area contributed by atoms with Crippen molar-refractivity contribution in [2.75, 3.05) is 29.2 Å². The number of urea groups is 1. The smallest absolute Gasteiger partial charge is 0.323 e. The molecule has 0 aliphatic rings. The Kier molecular flexibility index (Phi) is 8.40. The average Bonchev–Trinajstić information content (AvgIpc) is 2.77. The monoisotopic (exact) mass is 487 g/mol. The number of carbonyl (C=O) groups excluding carboxylic acids is 2. The highest BCUT2D eigenvalue weighted by Crippen LogP contribution is 2.37. The predicted octanol–water partition coefficient (Wildman–Crippen LogP) is 6.69. The molecule has 0 bridgehead atoms. The Bertz CT molecular complexity index is 1150. The van der Waals surface area contributed by atoms with E-state index in [0.717, 1.165) is 0 Å². The molecule has 33 heavy (non-hydrogen) atoms. The predicted molar refractivity (Wildman–Crippen MR) is 132 cm³/mol. The molecule has 0 fully saturated rings. The number of halogens is 2. The molecule has 0 radical (unpaired) electrons. The van der Waals surface area contributed by atoms with E-state index in [1.165, 1.54) is 0 Å². The highest BCUT2D eigenvalue weighted by Gasteiger charge is 2.18. The van der Waals surface area contributed by atoms with Crippen molar-refractivity contribution in [2.45, 2.75) is 13.8 Å². The first-order valence-electron chi connectivity index (χ1n) is 10.2. The minimum atomic E-state index is -0.492. The van der Waals surface area contributed by atoms with Gasteiger partial charge < -0.3 is 25.4 Å². The minimum absolute atomic E-state index is 0.322. The normalized spacial score (nSPS) is 10.3. The summed E-state index contributed by atoms with van der Waals surface area (Å²) in [5, 5.41) is 9.10. The summed E-state index contributed by atoms with van der Waals surface area (Å²) in [5.74, 6) is 0.319. The molecule has 3 aromatic rings. The van der Waals surface area contributed by atoms with Gasteiger partial charge in [0.2, 0.25) is 0 Å². The SMILES string of the molecule is CCOc1cc(NC(=O)c2ccccc2Cl)c(OCC)cc1NC(=O)Nc1cccc(Cl)c1. The van der Waals surface area contributed by atoms with Gasteiger partial charge >= 0.3 is 6.03 Å². The summed E-state index contributed by atoms with van der Waals surface area (Å²) >= 11 is 12.1. The van der Waals surface area contributed by atoms with Gasteiger partial charge in [-0.3, -0.25) is 4.79 Å². The lowest BCUT2D eigenvalue weighted by Crippen LogP contribution is -2.20. The van der Waals surface area contributed by atoms with Crippen LogP contribution in [-0.2, 0) is 0 Å². The fourth-order valence-corrected chi connectivity index (χ4v) is 3.40. The summed E-state index contributed by atoms with van der Waals surface area (Å²) in [7, 11) is 0. The molecular formula is C24H23Cl2N3O4. The van der Waals surface area contributed by atoms with Crippen molar-refractivity contribution >= 4 is 52.2 Å². The number of benzene rings is 3. The highest BCUT2D eigenvalue weighted by atomic mass is 35.5. The summed E-state index contributed by atoms with van der Waals surface area (Å²) in [6, 6.07) is 16.2. The molecule has 0 saturated carbocycles. The Balaban J connectivity index is 1.88. The molecule has 7 nitrogen and oxygen atoms in total. The van der Waals surface area contributed by atoms with Crippen molar-refractivity contribution in [3.8, 4) is 11.5 Å². The molecule has 0 atom stereocenters. The van der Waals surface area contributed by atoms with E-state index in [1.807, 2.05) is 13.8 Å². The quantitative estimate of drug-likeness (QED) is 0.330. The molecule has 0 aromatic heterocycles. The first-order chi connectivity index (χ1) is 15.9. The molecule has 0 aliphatic heterocycles. The fraction of sp³-hybridized carbons (Fsp3) is 0.167. The maximum absolute atomic E-state index is 12.8. The van der Waals surface area contributed by atoms with Crippen LogP contribution < -0.4 is 25.4 Å². The third-order valence-electron chi connectivity index (χ3n) is 4.38. The van der Waals surface area contributed by atoms with Gasteiger partial charge in [-0.1, -0.05) is 41.4 Å². The van der Waals surface area contributed by atoms with Crippen LogP contribution in [0.3, 0.4) is 0 Å². The topological polar surface area (TPSA) is 88.7 Å². The van der Waals surface area contributed by atoms with E-state index in [0.29, 0.717) is 57.4 Å². The van der Waals surface area contributed by atoms with Gasteiger partial charge in [-0.05, 0) is 44.2 Å². The van der Waals surface area contributed by atoms with Crippen LogP contribution in [0.5, 0.6) is 11.5 Å². The van der Waals surface area contributed by atoms with Gasteiger partial charge in [0.15, 0.2) is 0 Å². The molecule has 0 unspecified atom stereocenters. The van der Waals surface area contributed by atoms with Gasteiger partial charge in [0.25, 0.3) is 5.91 Å². The van der Waals surface area contributed by atoms with E-state index >= 15 is 0 Å². The second kappa shape index (κ2) is 11.4. The second-order valence-electron chi connectivity index (χ2n) is 6.73. The summed E-state index contributed by atoms with van der Waals surface area (Å²) in [6.07, 6.45) is 0. The molecule has 0 heterocycles. The molecule has 0 spiro atoms. The standard InChI is InChI=1S/C24H23Cl2N3O4/c1-3-32-21-14-20(29-24(31)27-16-9-7-8-15(25)12-16)22(33-4-2)13-19(21)28-23(30)17-10-5-6-11-18(17)26/h5-14H,3-4H2,1-2H3,(H,28,30)(H2,27,29,31). The highest BCUT2D eigenvalue weighted by molar-refractivity contribution is 6.34. The number of rotatable bonds is 8. The third kappa shape index (κ3) is 6.54. The Morgan fingerprint density at radius 2 is 1.42 bits per heavy atom. The maximum atomic E-state index is 12.8. The number of anilines is 3. The number of hydrogen-bond acceptors (Lipinski definition) is 4. The average molecular weight is 488 g/mol. The molecule has 3 aromatic carbocycles. The first-order valence-corrected chi connectivity index (χ1v) is 11.0. The van der Waals surface area contributed by atoms with Crippen molar-refractivity contribution in [2.24, 2.45) is 0 Å². The molecule has 3 amide bonds. The minimum Gasteiger partial charge on any atom is -0.492 e. The van der Waals surface area contributed by atoms with E-state index in [-0.39, 0.29) is 0 Å². The summed E-state index contributed by atoms with van der Waals surface area (Å²) in [5.41, 5.74) is 1.61. The van der Waals surface area contributed by atoms with Crippen molar-refractivity contribution in [1.82, 2.24) is 0 Å². The molecule has 0 saturated heterocycles. The molecule has 172 valence electrons. The van der Waals surface area contributed by atoms with Crippen molar-refractivity contribution in [3.63, 3.8) is 0 Å². The largest absolute Gasteiger partial charge is 0.492 e. The van der Waals surface area contributed by atoms with Crippen LogP contribution >= 0.6 is 23.2 Å². The summed E-state index contributed by atoms with van der Waals surface area (Å²) in [6.45, 7) is 4.32. The zero-order valence-corrected chi connectivity index (χ0v) is 19.6. The molecular weight excluding hydrogens is 465 g/mol. The van der Waals surface area contributed by atoms with E-state index < -0.39 is 11.9 Å². The van der Waals surface area contributed by atoms with Crippen LogP contribution in [0.1, 0.15) is 24.2 Å². The van der Waals surface area contributed by atoms with E-state index in [2.05, 4.69) is 16.0 Å². The van der Waals surface area contributed by atoms with E-state index in [4.69, 9.17) is 32.7 Å². The third-order valence-corrected chi connectivity index (χ3v) is 4.94. The molecule has 0 aliphatic carbocycles. The zero-order chi connectivity index (χ0) is 23.8. The van der Waals surface area contributed by atoms with E-state index in [1.54, 1.807) is 60.7 Å². The molecule has 3 rings (SSSR count). The molecule has 3 N–H and O–H groups in total. The van der Waals surface area contributed by atoms with Crippen LogP contribution in [0, 0.1) is 0 Å². The number of carbonyl (C=O) groups is 2. The van der Waals surface area contributed by atoms with Gasteiger partial charge in [-0.2, -0.15) is 0 Å². The number of nitrogens with one attached hydrogen (secondary N) is 3. The van der Waals surface area contributed by atoms with Gasteiger partial charge in [0.05, 0.1) is 35.2 Å². The maximum Gasteiger partial charge on any atom is 0.323 e. The van der Waals surface area contributed by atoms with Crippen LogP contribution in [0.4, 0.5) is 21.9 Å². The Morgan fingerprint density at radius 3 is 2.03 bits per heavy atom. The number of hydrogen-bond donors (Lipinski definition) is 3. The molecule has 9 heteroatoms. The van der Waals surface area contributed by atoms with Crippen LogP contribution in [0.2, 0.25) is 10.0 Å². The van der Waals surface area contributed by atoms with Crippen LogP contribution in [0.25, 0.3) is 0 Å². The fourth-order valence-electron chi connectivity index (χ4n) is 2.99. The Labute approximate surface area is 202 Å². The van der Waals surface area contributed by atoms with Crippen molar-refractivity contribution in [3.05, 3.63) is 76.3 Å². The summed E-state index contributed by atoms with van der Waals surface area (Å²) < 4.78 is 11.4. The Hall–Kier alpha value is -3.42. The van der Waals surface area contributed by atoms with Gasteiger partial charge in [0.1, 0.15) is 11.5 Å². The van der Waals surface area contributed by atoms with Crippen molar-refractivity contribution in [1.29, 1.82) is 0 Å². The first kappa shape index (κ1) is 24.2. The lowest BCUT2D eigenvalue weighted by atomic mass is 10.2. The number of ether oxygens (including phenoxy) is 2. The van der Waals surface area contributed by atoms with Gasteiger partial charge in [-0.15, -0.1) is 0 Å². The summed E-state index contributed by atoms with van der Waals surface area (Å²) in [4.78, 5) is 25.3. The van der Waals surface area contributed by atoms with Crippen LogP contribution in [0.15, 0.2) is 60.7 Å². The zero-order valence-electron chi connectivity index (χ0n) is 18.1.